The number of aryl methyl sites for hydroxylation is 1. The fraction of sp³-hybridized carbons (Fsp3) is 0.231. The van der Waals surface area contributed by atoms with Gasteiger partial charge in [-0.3, -0.25) is 9.48 Å². The van der Waals surface area contributed by atoms with E-state index in [2.05, 4.69) is 26.3 Å². The minimum Gasteiger partial charge on any atom is -0.495 e. The van der Waals surface area contributed by atoms with Crippen molar-refractivity contribution >= 4 is 27.5 Å². The van der Waals surface area contributed by atoms with E-state index in [4.69, 9.17) is 4.74 Å². The highest BCUT2D eigenvalue weighted by atomic mass is 79.9. The number of hydrogen-bond donors (Lipinski definition) is 1. The second-order valence-electron chi connectivity index (χ2n) is 4.34. The molecule has 1 amide bonds. The summed E-state index contributed by atoms with van der Waals surface area (Å²) in [6.07, 6.45) is -3.69. The van der Waals surface area contributed by atoms with Crippen LogP contribution in [0, 0.1) is 0 Å². The Balaban J connectivity index is 2.35. The zero-order valence-corrected chi connectivity index (χ0v) is 13.1. The van der Waals surface area contributed by atoms with Crippen molar-refractivity contribution in [1.29, 1.82) is 0 Å². The summed E-state index contributed by atoms with van der Waals surface area (Å²) in [6, 6.07) is 4.78. The third kappa shape index (κ3) is 3.24. The molecule has 0 spiro atoms. The van der Waals surface area contributed by atoms with E-state index in [0.29, 0.717) is 15.9 Å². The molecule has 9 heteroatoms. The van der Waals surface area contributed by atoms with Gasteiger partial charge in [0.2, 0.25) is 0 Å². The maximum absolute atomic E-state index is 12.9. The lowest BCUT2D eigenvalue weighted by Gasteiger charge is -2.11. The molecule has 2 rings (SSSR count). The van der Waals surface area contributed by atoms with Crippen LogP contribution in [-0.2, 0) is 13.2 Å². The molecule has 0 aliphatic carbocycles. The Bertz CT molecular complexity index is 713. The molecule has 2 aromatic rings. The summed E-state index contributed by atoms with van der Waals surface area (Å²) in [5.74, 6) is -0.464. The van der Waals surface area contributed by atoms with Crippen LogP contribution in [0.4, 0.5) is 18.9 Å². The lowest BCUT2D eigenvalue weighted by Crippen LogP contribution is -2.18. The molecule has 0 bridgehead atoms. The van der Waals surface area contributed by atoms with Gasteiger partial charge in [-0.05, 0) is 28.1 Å². The highest BCUT2D eigenvalue weighted by Gasteiger charge is 2.39. The summed E-state index contributed by atoms with van der Waals surface area (Å²) < 4.78 is 45.1. The minimum absolute atomic E-state index is 0.293. The van der Waals surface area contributed by atoms with Crippen LogP contribution in [0.2, 0.25) is 0 Å². The lowest BCUT2D eigenvalue weighted by atomic mass is 10.2. The Hall–Kier alpha value is -2.03. The van der Waals surface area contributed by atoms with Gasteiger partial charge in [-0.15, -0.1) is 0 Å². The molecule has 0 aliphatic rings. The molecule has 1 heterocycles. The van der Waals surface area contributed by atoms with Gasteiger partial charge in [0.15, 0.2) is 5.69 Å². The van der Waals surface area contributed by atoms with Crippen LogP contribution in [0.5, 0.6) is 5.75 Å². The number of aromatic nitrogens is 2. The van der Waals surface area contributed by atoms with Crippen LogP contribution in [0.15, 0.2) is 28.9 Å². The predicted octanol–water partition coefficient (Wildman–Crippen LogP) is 3.46. The van der Waals surface area contributed by atoms with Crippen LogP contribution in [0.1, 0.15) is 16.1 Å². The largest absolute Gasteiger partial charge is 0.495 e. The molecule has 1 aromatic heterocycles. The van der Waals surface area contributed by atoms with Crippen LogP contribution < -0.4 is 10.1 Å². The van der Waals surface area contributed by atoms with Crippen molar-refractivity contribution in [2.75, 3.05) is 12.4 Å². The molecule has 1 aromatic carbocycles. The number of halogens is 4. The standard InChI is InChI=1S/C13H11BrF3N3O2/c1-20-6-7(11(19-20)13(15,16)17)12(21)18-8-4-3-5-9(22-2)10(8)14/h3-6H,1-2H3,(H,18,21). The summed E-state index contributed by atoms with van der Waals surface area (Å²) in [7, 11) is 2.75. The molecule has 1 N–H and O–H groups in total. The topological polar surface area (TPSA) is 56.1 Å². The Kier molecular flexibility index (Phi) is 4.45. The number of benzene rings is 1. The summed E-state index contributed by atoms with van der Waals surface area (Å²) >= 11 is 3.22. The van der Waals surface area contributed by atoms with Crippen molar-refractivity contribution in [3.05, 3.63) is 40.1 Å². The second-order valence-corrected chi connectivity index (χ2v) is 5.13. The number of carbonyl (C=O) groups is 1. The molecule has 0 aliphatic heterocycles. The van der Waals surface area contributed by atoms with Crippen LogP contribution in [0.3, 0.4) is 0 Å². The normalized spacial score (nSPS) is 11.4. The van der Waals surface area contributed by atoms with Crippen molar-refractivity contribution in [2.45, 2.75) is 6.18 Å². The van der Waals surface area contributed by atoms with Gasteiger partial charge in [0.25, 0.3) is 5.91 Å². The Labute approximate surface area is 132 Å². The van der Waals surface area contributed by atoms with Crippen molar-refractivity contribution < 1.29 is 22.7 Å². The predicted molar refractivity (Wildman–Crippen MR) is 76.9 cm³/mol. The first-order valence-corrected chi connectivity index (χ1v) is 6.78. The van der Waals surface area contributed by atoms with E-state index >= 15 is 0 Å². The maximum Gasteiger partial charge on any atom is 0.435 e. The molecule has 0 unspecified atom stereocenters. The molecule has 118 valence electrons. The molecular formula is C13H11BrF3N3O2. The molecule has 0 fully saturated rings. The first-order valence-electron chi connectivity index (χ1n) is 5.98. The average Bonchev–Trinajstić information content (AvgIpc) is 2.83. The van der Waals surface area contributed by atoms with Crippen molar-refractivity contribution in [3.8, 4) is 5.75 Å². The number of methoxy groups -OCH3 is 1. The molecular weight excluding hydrogens is 367 g/mol. The van der Waals surface area contributed by atoms with Crippen LogP contribution >= 0.6 is 15.9 Å². The number of rotatable bonds is 3. The number of carbonyl (C=O) groups excluding carboxylic acids is 1. The van der Waals surface area contributed by atoms with Crippen molar-refractivity contribution in [3.63, 3.8) is 0 Å². The van der Waals surface area contributed by atoms with Crippen molar-refractivity contribution in [2.24, 2.45) is 7.05 Å². The summed E-state index contributed by atoms with van der Waals surface area (Å²) in [6.45, 7) is 0. The summed E-state index contributed by atoms with van der Waals surface area (Å²) in [4.78, 5) is 12.1. The van der Waals surface area contributed by atoms with Gasteiger partial charge in [-0.1, -0.05) is 6.07 Å². The van der Waals surface area contributed by atoms with Gasteiger partial charge in [-0.2, -0.15) is 18.3 Å². The van der Waals surface area contributed by atoms with Gasteiger partial charge >= 0.3 is 6.18 Å². The van der Waals surface area contributed by atoms with E-state index in [1.54, 1.807) is 12.1 Å². The zero-order chi connectivity index (χ0) is 16.5. The highest BCUT2D eigenvalue weighted by molar-refractivity contribution is 9.10. The number of anilines is 1. The quantitative estimate of drug-likeness (QED) is 0.890. The summed E-state index contributed by atoms with van der Waals surface area (Å²) in [5.41, 5.74) is -1.49. The average molecular weight is 378 g/mol. The molecule has 22 heavy (non-hydrogen) atoms. The first kappa shape index (κ1) is 16.3. The highest BCUT2D eigenvalue weighted by Crippen LogP contribution is 2.34. The monoisotopic (exact) mass is 377 g/mol. The van der Waals surface area contributed by atoms with E-state index in [-0.39, 0.29) is 0 Å². The molecule has 0 saturated heterocycles. The van der Waals surface area contributed by atoms with E-state index < -0.39 is 23.3 Å². The third-order valence-corrected chi connectivity index (χ3v) is 3.59. The number of nitrogens with one attached hydrogen (secondary N) is 1. The van der Waals surface area contributed by atoms with E-state index in [9.17, 15) is 18.0 Å². The van der Waals surface area contributed by atoms with Gasteiger partial charge in [0.1, 0.15) is 5.75 Å². The SMILES string of the molecule is COc1cccc(NC(=O)c2cn(C)nc2C(F)(F)F)c1Br. The van der Waals surface area contributed by atoms with E-state index in [0.717, 1.165) is 10.9 Å². The number of hydrogen-bond acceptors (Lipinski definition) is 3. The summed E-state index contributed by atoms with van der Waals surface area (Å²) in [5, 5.41) is 5.70. The van der Waals surface area contributed by atoms with Gasteiger partial charge in [-0.25, -0.2) is 0 Å². The van der Waals surface area contributed by atoms with Crippen LogP contribution in [-0.4, -0.2) is 22.8 Å². The van der Waals surface area contributed by atoms with Crippen molar-refractivity contribution in [1.82, 2.24) is 9.78 Å². The number of alkyl halides is 3. The zero-order valence-electron chi connectivity index (χ0n) is 11.5. The van der Waals surface area contributed by atoms with Gasteiger partial charge in [0, 0.05) is 13.2 Å². The Morgan fingerprint density at radius 3 is 2.68 bits per heavy atom. The Morgan fingerprint density at radius 1 is 1.41 bits per heavy atom. The van der Waals surface area contributed by atoms with E-state index in [1.165, 1.54) is 20.2 Å². The lowest BCUT2D eigenvalue weighted by molar-refractivity contribution is -0.141. The van der Waals surface area contributed by atoms with E-state index in [1.807, 2.05) is 0 Å². The third-order valence-electron chi connectivity index (χ3n) is 2.77. The maximum atomic E-state index is 12.9. The number of ether oxygens (including phenoxy) is 1. The van der Waals surface area contributed by atoms with Gasteiger partial charge in [0.05, 0.1) is 22.8 Å². The fourth-order valence-corrected chi connectivity index (χ4v) is 2.34. The molecule has 5 nitrogen and oxygen atoms in total. The van der Waals surface area contributed by atoms with Gasteiger partial charge < -0.3 is 10.1 Å². The molecule has 0 saturated carbocycles. The first-order chi connectivity index (χ1) is 10.2. The second kappa shape index (κ2) is 5.99. The number of nitrogens with zero attached hydrogens (tertiary/aromatic N) is 2. The van der Waals surface area contributed by atoms with Crippen LogP contribution in [0.25, 0.3) is 0 Å². The number of amides is 1. The molecule has 0 atom stereocenters. The fourth-order valence-electron chi connectivity index (χ4n) is 1.82. The smallest absolute Gasteiger partial charge is 0.435 e. The Morgan fingerprint density at radius 2 is 2.09 bits per heavy atom. The minimum atomic E-state index is -4.71. The molecule has 0 radical (unpaired) electrons.